The summed E-state index contributed by atoms with van der Waals surface area (Å²) in [5.74, 6) is 2.98. The van der Waals surface area contributed by atoms with E-state index in [4.69, 9.17) is 9.15 Å². The Kier molecular flexibility index (Phi) is 9.84. The molecule has 1 unspecified atom stereocenters. The van der Waals surface area contributed by atoms with Crippen molar-refractivity contribution in [3.8, 4) is 5.75 Å². The summed E-state index contributed by atoms with van der Waals surface area (Å²) in [5, 5.41) is 6.37. The highest BCUT2D eigenvalue weighted by atomic mass is 127. The van der Waals surface area contributed by atoms with Gasteiger partial charge >= 0.3 is 0 Å². The fourth-order valence-corrected chi connectivity index (χ4v) is 2.33. The Balaban J connectivity index is 0.00000392. The maximum absolute atomic E-state index is 11.9. The van der Waals surface area contributed by atoms with Crippen LogP contribution in [0.2, 0.25) is 0 Å². The van der Waals surface area contributed by atoms with Crippen LogP contribution in [0, 0.1) is 6.92 Å². The first-order valence-electron chi connectivity index (χ1n) is 8.83. The summed E-state index contributed by atoms with van der Waals surface area (Å²) in [7, 11) is 5.08. The first-order chi connectivity index (χ1) is 12.9. The van der Waals surface area contributed by atoms with Gasteiger partial charge in [0.25, 0.3) is 0 Å². The molecule has 1 aromatic heterocycles. The molecule has 0 aliphatic rings. The molecule has 1 atom stereocenters. The van der Waals surface area contributed by atoms with Crippen molar-refractivity contribution in [2.75, 3.05) is 27.7 Å². The monoisotopic (exact) mass is 500 g/mol. The predicted molar refractivity (Wildman–Crippen MR) is 121 cm³/mol. The standard InChI is InChI=1S/C20H28N4O3.HI/c1-14-6-11-18(27-14)15(2)23-20(22-13-19(25)24(3)4)21-12-16-7-9-17(26-5)10-8-16;/h6-11,15H,12-13H2,1-5H3,(H2,21,22,23);1H. The fourth-order valence-electron chi connectivity index (χ4n) is 2.33. The molecular weight excluding hydrogens is 471 g/mol. The summed E-state index contributed by atoms with van der Waals surface area (Å²) < 4.78 is 10.8. The number of hydrogen-bond donors (Lipinski definition) is 2. The third kappa shape index (κ3) is 7.41. The van der Waals surface area contributed by atoms with E-state index in [1.165, 1.54) is 4.90 Å². The second kappa shape index (κ2) is 11.6. The van der Waals surface area contributed by atoms with Crippen molar-refractivity contribution in [1.29, 1.82) is 0 Å². The largest absolute Gasteiger partial charge is 0.497 e. The molecule has 0 saturated carbocycles. The normalized spacial score (nSPS) is 12.0. The van der Waals surface area contributed by atoms with Crippen molar-refractivity contribution in [2.45, 2.75) is 26.4 Å². The molecule has 2 rings (SSSR count). The quantitative estimate of drug-likeness (QED) is 0.347. The Morgan fingerprint density at radius 3 is 2.43 bits per heavy atom. The highest BCUT2D eigenvalue weighted by Gasteiger charge is 2.13. The highest BCUT2D eigenvalue weighted by Crippen LogP contribution is 2.15. The number of guanidine groups is 1. The lowest BCUT2D eigenvalue weighted by Gasteiger charge is -2.18. The molecule has 1 amide bonds. The maximum Gasteiger partial charge on any atom is 0.241 e. The number of amides is 1. The molecule has 2 N–H and O–H groups in total. The van der Waals surface area contributed by atoms with Crippen molar-refractivity contribution in [1.82, 2.24) is 15.5 Å². The number of nitrogens with one attached hydrogen (secondary N) is 2. The summed E-state index contributed by atoms with van der Waals surface area (Å²) in [5.41, 5.74) is 1.04. The summed E-state index contributed by atoms with van der Waals surface area (Å²) in [6.07, 6.45) is 0. The van der Waals surface area contributed by atoms with Crippen molar-refractivity contribution in [3.63, 3.8) is 0 Å². The molecule has 0 bridgehead atoms. The Bertz CT molecular complexity index is 772. The van der Waals surface area contributed by atoms with Crippen molar-refractivity contribution in [3.05, 3.63) is 53.5 Å². The average molecular weight is 500 g/mol. The van der Waals surface area contributed by atoms with Gasteiger partial charge in [0.2, 0.25) is 5.91 Å². The van der Waals surface area contributed by atoms with Crippen LogP contribution in [0.4, 0.5) is 0 Å². The van der Waals surface area contributed by atoms with Gasteiger partial charge in [0.15, 0.2) is 5.96 Å². The number of rotatable bonds is 7. The summed E-state index contributed by atoms with van der Waals surface area (Å²) in [6, 6.07) is 11.5. The van der Waals surface area contributed by atoms with Crippen LogP contribution >= 0.6 is 24.0 Å². The second-order valence-electron chi connectivity index (χ2n) is 6.47. The lowest BCUT2D eigenvalue weighted by atomic mass is 10.2. The van der Waals surface area contributed by atoms with E-state index in [0.717, 1.165) is 22.8 Å². The first kappa shape index (κ1) is 23.8. The van der Waals surface area contributed by atoms with E-state index in [9.17, 15) is 4.79 Å². The van der Waals surface area contributed by atoms with Crippen LogP contribution in [0.5, 0.6) is 5.75 Å². The topological polar surface area (TPSA) is 79.1 Å². The van der Waals surface area contributed by atoms with E-state index < -0.39 is 0 Å². The first-order valence-corrected chi connectivity index (χ1v) is 8.83. The minimum atomic E-state index is -0.0877. The van der Waals surface area contributed by atoms with E-state index in [-0.39, 0.29) is 42.5 Å². The molecule has 0 aliphatic heterocycles. The van der Waals surface area contributed by atoms with Gasteiger partial charge in [-0.1, -0.05) is 12.1 Å². The van der Waals surface area contributed by atoms with Crippen LogP contribution in [0.15, 0.2) is 45.8 Å². The van der Waals surface area contributed by atoms with Gasteiger partial charge in [0.1, 0.15) is 17.3 Å². The van der Waals surface area contributed by atoms with E-state index in [2.05, 4.69) is 15.6 Å². The second-order valence-corrected chi connectivity index (χ2v) is 6.47. The zero-order valence-corrected chi connectivity index (χ0v) is 19.3. The molecule has 7 nitrogen and oxygen atoms in total. The van der Waals surface area contributed by atoms with Crippen molar-refractivity contribution < 1.29 is 13.9 Å². The molecule has 1 heterocycles. The van der Waals surface area contributed by atoms with Gasteiger partial charge in [-0.3, -0.25) is 4.79 Å². The summed E-state index contributed by atoms with van der Waals surface area (Å²) in [4.78, 5) is 18.0. The number of likely N-dealkylation sites (N-methyl/N-ethyl adjacent to an activating group) is 1. The maximum atomic E-state index is 11.9. The van der Waals surface area contributed by atoms with Crippen LogP contribution < -0.4 is 15.4 Å². The van der Waals surface area contributed by atoms with Gasteiger partial charge in [-0.15, -0.1) is 24.0 Å². The molecule has 154 valence electrons. The van der Waals surface area contributed by atoms with Crippen LogP contribution in [0.1, 0.15) is 30.0 Å². The molecule has 0 saturated heterocycles. The molecule has 28 heavy (non-hydrogen) atoms. The number of aryl methyl sites for hydroxylation is 1. The van der Waals surface area contributed by atoms with Crippen molar-refractivity contribution >= 4 is 35.8 Å². The van der Waals surface area contributed by atoms with E-state index in [1.807, 2.05) is 50.2 Å². The zero-order valence-electron chi connectivity index (χ0n) is 17.0. The molecule has 0 fully saturated rings. The molecule has 1 aromatic carbocycles. The molecule has 8 heteroatoms. The minimum Gasteiger partial charge on any atom is -0.497 e. The number of ether oxygens (including phenoxy) is 1. The number of carbonyl (C=O) groups is 1. The number of nitrogens with zero attached hydrogens (tertiary/aromatic N) is 2. The Morgan fingerprint density at radius 1 is 1.21 bits per heavy atom. The highest BCUT2D eigenvalue weighted by molar-refractivity contribution is 14.0. The Morgan fingerprint density at radius 2 is 1.89 bits per heavy atom. The summed E-state index contributed by atoms with van der Waals surface area (Å²) >= 11 is 0. The van der Waals surface area contributed by atoms with Gasteiger partial charge in [-0.05, 0) is 43.7 Å². The molecule has 0 spiro atoms. The van der Waals surface area contributed by atoms with E-state index in [1.54, 1.807) is 21.2 Å². The molecule has 2 aromatic rings. The van der Waals surface area contributed by atoms with Gasteiger partial charge in [0, 0.05) is 14.1 Å². The van der Waals surface area contributed by atoms with Crippen LogP contribution in [-0.2, 0) is 11.3 Å². The minimum absolute atomic E-state index is 0. The number of halogens is 1. The van der Waals surface area contributed by atoms with Gasteiger partial charge in [-0.2, -0.15) is 0 Å². The average Bonchev–Trinajstić information content (AvgIpc) is 3.10. The van der Waals surface area contributed by atoms with E-state index >= 15 is 0 Å². The number of methoxy groups -OCH3 is 1. The third-order valence-corrected chi connectivity index (χ3v) is 4.03. The molecule has 0 radical (unpaired) electrons. The SMILES string of the molecule is COc1ccc(CN=C(NCC(=O)N(C)C)NC(C)c2ccc(C)o2)cc1.I. The molecular formula is C20H29IN4O3. The Hall–Kier alpha value is -2.23. The Labute approximate surface area is 183 Å². The van der Waals surface area contributed by atoms with Gasteiger partial charge in [0.05, 0.1) is 26.2 Å². The molecule has 0 aliphatic carbocycles. The van der Waals surface area contributed by atoms with Crippen molar-refractivity contribution in [2.24, 2.45) is 4.99 Å². The van der Waals surface area contributed by atoms with Crippen LogP contribution in [-0.4, -0.2) is 44.5 Å². The number of hydrogen-bond acceptors (Lipinski definition) is 4. The smallest absolute Gasteiger partial charge is 0.241 e. The van der Waals surface area contributed by atoms with Crippen LogP contribution in [0.3, 0.4) is 0 Å². The van der Waals surface area contributed by atoms with Crippen LogP contribution in [0.25, 0.3) is 0 Å². The number of aliphatic imine (C=N–C) groups is 1. The third-order valence-electron chi connectivity index (χ3n) is 4.03. The number of benzene rings is 1. The predicted octanol–water partition coefficient (Wildman–Crippen LogP) is 3.10. The number of carbonyl (C=O) groups excluding carboxylic acids is 1. The van der Waals surface area contributed by atoms with E-state index in [0.29, 0.717) is 12.5 Å². The summed E-state index contributed by atoms with van der Waals surface area (Å²) in [6.45, 7) is 4.52. The number of furan rings is 1. The van der Waals surface area contributed by atoms with Gasteiger partial charge in [-0.25, -0.2) is 4.99 Å². The lowest BCUT2D eigenvalue weighted by molar-refractivity contribution is -0.127. The lowest BCUT2D eigenvalue weighted by Crippen LogP contribution is -2.43. The van der Waals surface area contributed by atoms with Gasteiger partial charge < -0.3 is 24.7 Å². The zero-order chi connectivity index (χ0) is 19.8. The fraction of sp³-hybridized carbons (Fsp3) is 0.400.